The molecule has 2 aromatic carbocycles. The van der Waals surface area contributed by atoms with Crippen molar-refractivity contribution in [2.45, 2.75) is 50.6 Å². The Morgan fingerprint density at radius 3 is 2.56 bits per heavy atom. The zero-order valence-electron chi connectivity index (χ0n) is 24.2. The van der Waals surface area contributed by atoms with Crippen molar-refractivity contribution in [2.24, 2.45) is 0 Å². The van der Waals surface area contributed by atoms with Crippen molar-refractivity contribution < 1.29 is 23.8 Å². The number of aromatic amines is 1. The number of aromatic nitrogens is 1. The van der Waals surface area contributed by atoms with Crippen LogP contribution < -0.4 is 14.8 Å². The number of ether oxygens (including phenoxy) is 3. The number of H-pyrrole nitrogens is 1. The number of carbonyl (C=O) groups is 2. The van der Waals surface area contributed by atoms with Gasteiger partial charge in [0.1, 0.15) is 6.04 Å². The van der Waals surface area contributed by atoms with Crippen LogP contribution in [0.5, 0.6) is 11.5 Å². The van der Waals surface area contributed by atoms with Crippen LogP contribution in [0.3, 0.4) is 0 Å². The van der Waals surface area contributed by atoms with Crippen molar-refractivity contribution in [3.63, 3.8) is 0 Å². The van der Waals surface area contributed by atoms with Gasteiger partial charge in [-0.05, 0) is 42.2 Å². The van der Waals surface area contributed by atoms with Gasteiger partial charge in [-0.2, -0.15) is 0 Å². The zero-order valence-corrected chi connectivity index (χ0v) is 24.2. The van der Waals surface area contributed by atoms with Crippen LogP contribution in [-0.4, -0.2) is 86.3 Å². The summed E-state index contributed by atoms with van der Waals surface area (Å²) in [5.41, 5.74) is 2.60. The fraction of sp³-hybridized carbons (Fsp3) is 0.500. The summed E-state index contributed by atoms with van der Waals surface area (Å²) in [7, 11) is 3.17. The fourth-order valence-corrected chi connectivity index (χ4v) is 6.04. The third kappa shape index (κ3) is 7.02. The van der Waals surface area contributed by atoms with Crippen molar-refractivity contribution in [3.05, 3.63) is 59.8 Å². The van der Waals surface area contributed by atoms with E-state index in [1.165, 1.54) is 6.42 Å². The van der Waals surface area contributed by atoms with Gasteiger partial charge in [0.2, 0.25) is 11.8 Å². The first kappa shape index (κ1) is 29.0. The zero-order chi connectivity index (χ0) is 28.6. The smallest absolute Gasteiger partial charge is 0.247 e. The minimum absolute atomic E-state index is 0.0957. The number of hydrogen-bond acceptors (Lipinski definition) is 6. The Morgan fingerprint density at radius 1 is 1.05 bits per heavy atom. The SMILES string of the molecule is COc1ccc(C(C(=O)NC2CCCCC2)N(CCN2CCOCC2)C(=O)Cc2c[nH]c3ccccc23)cc1OC. The molecule has 5 rings (SSSR count). The van der Waals surface area contributed by atoms with Crippen LogP contribution in [-0.2, 0) is 20.7 Å². The molecule has 0 radical (unpaired) electrons. The van der Waals surface area contributed by atoms with Crippen LogP contribution in [0.15, 0.2) is 48.7 Å². The van der Waals surface area contributed by atoms with Gasteiger partial charge in [-0.1, -0.05) is 43.5 Å². The Hall–Kier alpha value is -3.56. The number of amides is 2. The first-order valence-corrected chi connectivity index (χ1v) is 14.7. The number of nitrogens with zero attached hydrogens (tertiary/aromatic N) is 2. The number of benzene rings is 2. The molecule has 2 N–H and O–H groups in total. The van der Waals surface area contributed by atoms with Crippen molar-refractivity contribution in [1.82, 2.24) is 20.1 Å². The Morgan fingerprint density at radius 2 is 1.80 bits per heavy atom. The molecule has 2 aliphatic rings. The van der Waals surface area contributed by atoms with Crippen LogP contribution >= 0.6 is 0 Å². The standard InChI is InChI=1S/C32H42N4O5/c1-39-28-13-12-23(20-29(28)40-2)31(32(38)34-25-8-4-3-5-9-25)36(15-14-35-16-18-41-19-17-35)30(37)21-24-22-33-27-11-7-6-10-26(24)27/h6-7,10-13,20,22,25,31,33H,3-5,8-9,14-19,21H2,1-2H3,(H,34,38). The van der Waals surface area contributed by atoms with Gasteiger partial charge in [0.05, 0.1) is 33.9 Å². The van der Waals surface area contributed by atoms with E-state index in [0.29, 0.717) is 43.4 Å². The third-order valence-corrected chi connectivity index (χ3v) is 8.33. The van der Waals surface area contributed by atoms with E-state index in [4.69, 9.17) is 14.2 Å². The maximum atomic E-state index is 14.2. The molecule has 1 unspecified atom stereocenters. The lowest BCUT2D eigenvalue weighted by Crippen LogP contribution is -2.50. The van der Waals surface area contributed by atoms with E-state index >= 15 is 0 Å². The maximum absolute atomic E-state index is 14.2. The summed E-state index contributed by atoms with van der Waals surface area (Å²) >= 11 is 0. The first-order chi connectivity index (χ1) is 20.1. The van der Waals surface area contributed by atoms with Crippen LogP contribution in [0.25, 0.3) is 10.9 Å². The highest BCUT2D eigenvalue weighted by Crippen LogP contribution is 2.33. The summed E-state index contributed by atoms with van der Waals surface area (Å²) in [5.74, 6) is 0.852. The van der Waals surface area contributed by atoms with Crippen LogP contribution in [0.4, 0.5) is 0 Å². The molecule has 1 atom stereocenters. The minimum atomic E-state index is -0.810. The molecule has 3 aromatic rings. The first-order valence-electron chi connectivity index (χ1n) is 14.7. The second-order valence-corrected chi connectivity index (χ2v) is 10.9. The van der Waals surface area contributed by atoms with E-state index in [-0.39, 0.29) is 24.3 Å². The van der Waals surface area contributed by atoms with Gasteiger partial charge in [-0.15, -0.1) is 0 Å². The van der Waals surface area contributed by atoms with E-state index < -0.39 is 6.04 Å². The second kappa shape index (κ2) is 13.9. The highest BCUT2D eigenvalue weighted by atomic mass is 16.5. The summed E-state index contributed by atoms with van der Waals surface area (Å²) < 4.78 is 16.6. The summed E-state index contributed by atoms with van der Waals surface area (Å²) in [4.78, 5) is 35.7. The Labute approximate surface area is 242 Å². The lowest BCUT2D eigenvalue weighted by atomic mass is 9.94. The molecule has 9 nitrogen and oxygen atoms in total. The predicted octanol–water partition coefficient (Wildman–Crippen LogP) is 4.08. The molecule has 1 aliphatic heterocycles. The number of methoxy groups -OCH3 is 2. The van der Waals surface area contributed by atoms with E-state index in [9.17, 15) is 9.59 Å². The van der Waals surface area contributed by atoms with Crippen LogP contribution in [0.1, 0.15) is 49.3 Å². The van der Waals surface area contributed by atoms with E-state index in [1.54, 1.807) is 25.2 Å². The Kier molecular flexibility index (Phi) is 9.80. The number of rotatable bonds is 11. The Bertz CT molecular complexity index is 1310. The number of carbonyl (C=O) groups excluding carboxylic acids is 2. The van der Waals surface area contributed by atoms with Gasteiger partial charge >= 0.3 is 0 Å². The summed E-state index contributed by atoms with van der Waals surface area (Å²) in [6.45, 7) is 4.02. The normalized spacial score (nSPS) is 17.2. The van der Waals surface area contributed by atoms with Gasteiger partial charge in [0, 0.05) is 49.3 Å². The monoisotopic (exact) mass is 562 g/mol. The molecule has 1 aliphatic carbocycles. The van der Waals surface area contributed by atoms with Gasteiger partial charge in [-0.3, -0.25) is 14.5 Å². The highest BCUT2D eigenvalue weighted by molar-refractivity contribution is 5.92. The van der Waals surface area contributed by atoms with Gasteiger partial charge in [0.15, 0.2) is 11.5 Å². The van der Waals surface area contributed by atoms with Gasteiger partial charge < -0.3 is 29.4 Å². The predicted molar refractivity (Wildman–Crippen MR) is 158 cm³/mol. The van der Waals surface area contributed by atoms with Crippen molar-refractivity contribution in [3.8, 4) is 11.5 Å². The second-order valence-electron chi connectivity index (χ2n) is 10.9. The average molecular weight is 563 g/mol. The van der Waals surface area contributed by atoms with Gasteiger partial charge in [0.25, 0.3) is 0 Å². The molecule has 1 saturated heterocycles. The Balaban J connectivity index is 1.49. The minimum Gasteiger partial charge on any atom is -0.493 e. The largest absolute Gasteiger partial charge is 0.493 e. The van der Waals surface area contributed by atoms with Crippen LogP contribution in [0.2, 0.25) is 0 Å². The summed E-state index contributed by atoms with van der Waals surface area (Å²) in [6.07, 6.45) is 7.41. The lowest BCUT2D eigenvalue weighted by molar-refractivity contribution is -0.141. The number of fused-ring (bicyclic) bond motifs is 1. The molecule has 2 fully saturated rings. The van der Waals surface area contributed by atoms with Crippen molar-refractivity contribution >= 4 is 22.7 Å². The van der Waals surface area contributed by atoms with E-state index in [0.717, 1.165) is 55.2 Å². The number of hydrogen-bond donors (Lipinski definition) is 2. The molecule has 1 saturated carbocycles. The fourth-order valence-electron chi connectivity index (χ4n) is 6.04. The number of nitrogens with one attached hydrogen (secondary N) is 2. The molecule has 2 heterocycles. The molecule has 2 amide bonds. The van der Waals surface area contributed by atoms with E-state index in [2.05, 4.69) is 15.2 Å². The van der Waals surface area contributed by atoms with Crippen molar-refractivity contribution in [1.29, 1.82) is 0 Å². The molecule has 41 heavy (non-hydrogen) atoms. The van der Waals surface area contributed by atoms with Crippen LogP contribution in [0, 0.1) is 0 Å². The van der Waals surface area contributed by atoms with Crippen molar-refractivity contribution in [2.75, 3.05) is 53.6 Å². The molecule has 0 bridgehead atoms. The highest BCUT2D eigenvalue weighted by Gasteiger charge is 2.34. The van der Waals surface area contributed by atoms with E-state index in [1.807, 2.05) is 42.6 Å². The summed E-state index contributed by atoms with van der Waals surface area (Å²) in [5, 5.41) is 4.32. The summed E-state index contributed by atoms with van der Waals surface area (Å²) in [6, 6.07) is 12.8. The lowest BCUT2D eigenvalue weighted by Gasteiger charge is -2.36. The third-order valence-electron chi connectivity index (χ3n) is 8.33. The molecule has 0 spiro atoms. The quantitative estimate of drug-likeness (QED) is 0.366. The molecular formula is C32H42N4O5. The number of para-hydroxylation sites is 1. The molecule has 1 aromatic heterocycles. The topological polar surface area (TPSA) is 96.1 Å². The molecule has 9 heteroatoms. The molecular weight excluding hydrogens is 520 g/mol. The van der Waals surface area contributed by atoms with Gasteiger partial charge in [-0.25, -0.2) is 0 Å². The maximum Gasteiger partial charge on any atom is 0.247 e. The molecule has 220 valence electrons. The average Bonchev–Trinajstić information content (AvgIpc) is 3.42. The number of morpholine rings is 1.